The maximum Gasteiger partial charge on any atom is 0.332 e. The number of unbranched alkanes of at least 4 members (excludes halogenated alkanes) is 5. The van der Waals surface area contributed by atoms with E-state index in [-0.39, 0.29) is 22.8 Å². The van der Waals surface area contributed by atoms with Gasteiger partial charge in [0.1, 0.15) is 11.6 Å². The first-order chi connectivity index (χ1) is 14.6. The van der Waals surface area contributed by atoms with Crippen molar-refractivity contribution in [1.29, 1.82) is 0 Å². The molecule has 0 unspecified atom stereocenters. The van der Waals surface area contributed by atoms with E-state index in [1.165, 1.54) is 37.3 Å². The van der Waals surface area contributed by atoms with E-state index in [0.29, 0.717) is 6.42 Å². The van der Waals surface area contributed by atoms with Crippen LogP contribution in [0.3, 0.4) is 0 Å². The van der Waals surface area contributed by atoms with Crippen molar-refractivity contribution in [3.05, 3.63) is 52.8 Å². The SMILES string of the molecule is CCCCCCCCC(c1c(N)n(C)c(=O)n(C)c1=O)c1c(N)n(C)c(=O)n(C)c1=O. The Kier molecular flexibility index (Phi) is 7.70. The largest absolute Gasteiger partial charge is 0.385 e. The van der Waals surface area contributed by atoms with Crippen molar-refractivity contribution in [3.63, 3.8) is 0 Å². The van der Waals surface area contributed by atoms with Crippen LogP contribution in [0.25, 0.3) is 0 Å². The van der Waals surface area contributed by atoms with Crippen molar-refractivity contribution in [2.75, 3.05) is 11.5 Å². The van der Waals surface area contributed by atoms with Crippen LogP contribution in [0.1, 0.15) is 68.9 Å². The van der Waals surface area contributed by atoms with Crippen LogP contribution in [0.4, 0.5) is 11.6 Å². The minimum absolute atomic E-state index is 0.000566. The first kappa shape index (κ1) is 24.2. The van der Waals surface area contributed by atoms with E-state index < -0.39 is 28.4 Å². The zero-order chi connectivity index (χ0) is 23.5. The number of aromatic nitrogens is 4. The van der Waals surface area contributed by atoms with Gasteiger partial charge >= 0.3 is 11.4 Å². The highest BCUT2D eigenvalue weighted by molar-refractivity contribution is 5.51. The Morgan fingerprint density at radius 2 is 1.03 bits per heavy atom. The molecule has 0 saturated carbocycles. The van der Waals surface area contributed by atoms with Crippen molar-refractivity contribution in [3.8, 4) is 0 Å². The average Bonchev–Trinajstić information content (AvgIpc) is 2.75. The highest BCUT2D eigenvalue weighted by atomic mass is 16.2. The summed E-state index contributed by atoms with van der Waals surface area (Å²) in [6.45, 7) is 2.15. The zero-order valence-electron chi connectivity index (χ0n) is 19.1. The average molecular weight is 435 g/mol. The molecule has 2 rings (SSSR count). The van der Waals surface area contributed by atoms with Crippen molar-refractivity contribution in [2.45, 2.75) is 57.8 Å². The molecule has 31 heavy (non-hydrogen) atoms. The third-order valence-corrected chi connectivity index (χ3v) is 6.04. The van der Waals surface area contributed by atoms with Crippen molar-refractivity contribution in [1.82, 2.24) is 18.3 Å². The second kappa shape index (κ2) is 9.84. The highest BCUT2D eigenvalue weighted by Gasteiger charge is 2.29. The predicted molar refractivity (Wildman–Crippen MR) is 123 cm³/mol. The summed E-state index contributed by atoms with van der Waals surface area (Å²) in [4.78, 5) is 50.7. The summed E-state index contributed by atoms with van der Waals surface area (Å²) in [5, 5.41) is 0. The molecule has 0 atom stereocenters. The molecule has 10 heteroatoms. The Morgan fingerprint density at radius 1 is 0.645 bits per heavy atom. The van der Waals surface area contributed by atoms with Crippen molar-refractivity contribution >= 4 is 11.6 Å². The molecule has 0 aliphatic carbocycles. The van der Waals surface area contributed by atoms with Crippen LogP contribution in [-0.4, -0.2) is 18.3 Å². The molecule has 0 bridgehead atoms. The molecule has 2 heterocycles. The third kappa shape index (κ3) is 4.52. The van der Waals surface area contributed by atoms with Gasteiger partial charge in [-0.2, -0.15) is 0 Å². The fourth-order valence-electron chi connectivity index (χ4n) is 3.99. The van der Waals surface area contributed by atoms with E-state index in [9.17, 15) is 19.2 Å². The van der Waals surface area contributed by atoms with Gasteiger partial charge in [-0.3, -0.25) is 27.9 Å². The molecule has 0 radical (unpaired) electrons. The maximum absolute atomic E-state index is 13.1. The van der Waals surface area contributed by atoms with Crippen LogP contribution < -0.4 is 34.0 Å². The number of hydrogen-bond donors (Lipinski definition) is 2. The molecule has 0 saturated heterocycles. The molecular weight excluding hydrogens is 400 g/mol. The summed E-state index contributed by atoms with van der Waals surface area (Å²) in [6, 6.07) is 0. The Labute approximate surface area is 180 Å². The fraction of sp³-hybridized carbons (Fsp3) is 0.619. The quantitative estimate of drug-likeness (QED) is 0.552. The van der Waals surface area contributed by atoms with Gasteiger partial charge in [0.2, 0.25) is 0 Å². The topological polar surface area (TPSA) is 140 Å². The standard InChI is InChI=1S/C21H34N6O4/c1-6-7-8-9-10-11-12-13(14-16(22)24(2)20(30)26(4)18(14)28)15-17(23)25(3)21(31)27(5)19(15)29/h13H,6-12,22-23H2,1-5H3. The minimum atomic E-state index is -0.734. The van der Waals surface area contributed by atoms with Gasteiger partial charge in [0.25, 0.3) is 11.1 Å². The smallest absolute Gasteiger partial charge is 0.332 e. The molecule has 4 N–H and O–H groups in total. The Hall–Kier alpha value is -3.04. The number of nitrogens with two attached hydrogens (primary N) is 2. The van der Waals surface area contributed by atoms with Gasteiger partial charge in [0, 0.05) is 34.1 Å². The van der Waals surface area contributed by atoms with Gasteiger partial charge in [-0.1, -0.05) is 45.4 Å². The molecule has 0 amide bonds. The van der Waals surface area contributed by atoms with Crippen LogP contribution in [0.2, 0.25) is 0 Å². The lowest BCUT2D eigenvalue weighted by Gasteiger charge is -2.23. The summed E-state index contributed by atoms with van der Waals surface area (Å²) in [5.74, 6) is -0.735. The Balaban J connectivity index is 2.69. The summed E-state index contributed by atoms with van der Waals surface area (Å²) in [7, 11) is 5.70. The first-order valence-corrected chi connectivity index (χ1v) is 10.7. The van der Waals surface area contributed by atoms with E-state index in [2.05, 4.69) is 6.92 Å². The molecule has 0 spiro atoms. The lowest BCUT2D eigenvalue weighted by Crippen LogP contribution is -2.44. The second-order valence-electron chi connectivity index (χ2n) is 8.12. The van der Waals surface area contributed by atoms with Gasteiger partial charge in [-0.05, 0) is 6.42 Å². The molecule has 172 valence electrons. The summed E-state index contributed by atoms with van der Waals surface area (Å²) in [6.07, 6.45) is 6.57. The van der Waals surface area contributed by atoms with Gasteiger partial charge in [0.15, 0.2) is 0 Å². The van der Waals surface area contributed by atoms with Crippen LogP contribution in [-0.2, 0) is 28.2 Å². The lowest BCUT2D eigenvalue weighted by molar-refractivity contribution is 0.551. The number of rotatable bonds is 9. The molecular formula is C21H34N6O4. The second-order valence-corrected chi connectivity index (χ2v) is 8.12. The summed E-state index contributed by atoms with van der Waals surface area (Å²) >= 11 is 0. The van der Waals surface area contributed by atoms with Crippen LogP contribution in [0.15, 0.2) is 19.2 Å². The number of nitrogen functional groups attached to an aromatic ring is 2. The number of anilines is 2. The van der Waals surface area contributed by atoms with Crippen molar-refractivity contribution in [2.24, 2.45) is 28.2 Å². The molecule has 2 aromatic rings. The maximum atomic E-state index is 13.1. The van der Waals surface area contributed by atoms with E-state index in [1.807, 2.05) is 0 Å². The van der Waals surface area contributed by atoms with Gasteiger partial charge in [-0.25, -0.2) is 9.59 Å². The monoisotopic (exact) mass is 434 g/mol. The van der Waals surface area contributed by atoms with E-state index in [1.54, 1.807) is 0 Å². The molecule has 0 aromatic carbocycles. The summed E-state index contributed by atoms with van der Waals surface area (Å²) in [5.41, 5.74) is 10.5. The highest BCUT2D eigenvalue weighted by Crippen LogP contribution is 2.31. The zero-order valence-corrected chi connectivity index (χ0v) is 19.1. The fourth-order valence-corrected chi connectivity index (χ4v) is 3.99. The Morgan fingerprint density at radius 3 is 1.45 bits per heavy atom. The molecule has 0 aliphatic heterocycles. The van der Waals surface area contributed by atoms with Crippen LogP contribution >= 0.6 is 0 Å². The van der Waals surface area contributed by atoms with E-state index >= 15 is 0 Å². The predicted octanol–water partition coefficient (Wildman–Crippen LogP) is 0.528. The molecule has 2 aromatic heterocycles. The first-order valence-electron chi connectivity index (χ1n) is 10.7. The lowest BCUT2D eigenvalue weighted by atomic mass is 9.87. The molecule has 0 fully saturated rings. The van der Waals surface area contributed by atoms with Gasteiger partial charge in [0.05, 0.1) is 11.1 Å². The summed E-state index contributed by atoms with van der Waals surface area (Å²) < 4.78 is 4.33. The van der Waals surface area contributed by atoms with Crippen molar-refractivity contribution < 1.29 is 0 Å². The van der Waals surface area contributed by atoms with Crippen LogP contribution in [0, 0.1) is 0 Å². The minimum Gasteiger partial charge on any atom is -0.385 e. The third-order valence-electron chi connectivity index (χ3n) is 6.04. The molecule has 0 aliphatic rings. The Bertz CT molecular complexity index is 1100. The van der Waals surface area contributed by atoms with Gasteiger partial charge < -0.3 is 11.5 Å². The van der Waals surface area contributed by atoms with Crippen LogP contribution in [0.5, 0.6) is 0 Å². The number of hydrogen-bond acceptors (Lipinski definition) is 6. The van der Waals surface area contributed by atoms with E-state index in [0.717, 1.165) is 47.7 Å². The number of nitrogens with zero attached hydrogens (tertiary/aromatic N) is 4. The molecule has 10 nitrogen and oxygen atoms in total. The normalized spacial score (nSPS) is 11.4. The van der Waals surface area contributed by atoms with E-state index in [4.69, 9.17) is 11.5 Å². The van der Waals surface area contributed by atoms with Gasteiger partial charge in [-0.15, -0.1) is 0 Å².